The number of pyridine rings is 1. The molecular weight excluding hydrogens is 290 g/mol. The first kappa shape index (κ1) is 15.0. The number of nitrogens with zero attached hydrogens (tertiary/aromatic N) is 1. The first-order valence-corrected chi connectivity index (χ1v) is 7.68. The molecule has 21 heavy (non-hydrogen) atoms. The van der Waals surface area contributed by atoms with E-state index in [0.717, 1.165) is 5.56 Å². The first-order valence-electron chi connectivity index (χ1n) is 6.20. The van der Waals surface area contributed by atoms with Crippen molar-refractivity contribution in [3.8, 4) is 0 Å². The number of aryl methyl sites for hydroxylation is 1. The van der Waals surface area contributed by atoms with Gasteiger partial charge in [0.2, 0.25) is 5.91 Å². The zero-order valence-electron chi connectivity index (χ0n) is 11.6. The van der Waals surface area contributed by atoms with E-state index >= 15 is 0 Å². The van der Waals surface area contributed by atoms with E-state index in [0.29, 0.717) is 5.69 Å². The van der Waals surface area contributed by atoms with Gasteiger partial charge in [-0.1, -0.05) is 6.07 Å². The molecular formula is C14H15N3O3S. The fraction of sp³-hybridized carbons (Fsp3) is 0.143. The minimum Gasteiger partial charge on any atom is -0.326 e. The predicted molar refractivity (Wildman–Crippen MR) is 80.5 cm³/mol. The van der Waals surface area contributed by atoms with Gasteiger partial charge in [-0.05, 0) is 42.8 Å². The Bertz CT molecular complexity index is 738. The Balaban J connectivity index is 2.19. The second-order valence-electron chi connectivity index (χ2n) is 4.53. The monoisotopic (exact) mass is 305 g/mol. The highest BCUT2D eigenvalue weighted by atomic mass is 32.2. The van der Waals surface area contributed by atoms with E-state index in [-0.39, 0.29) is 16.6 Å². The summed E-state index contributed by atoms with van der Waals surface area (Å²) in [5.41, 5.74) is 1.48. The molecule has 0 saturated heterocycles. The van der Waals surface area contributed by atoms with Gasteiger partial charge in [0.1, 0.15) is 5.82 Å². The normalized spacial score (nSPS) is 11.0. The lowest BCUT2D eigenvalue weighted by molar-refractivity contribution is -0.114. The maximum Gasteiger partial charge on any atom is 0.263 e. The number of rotatable bonds is 4. The zero-order valence-corrected chi connectivity index (χ0v) is 12.4. The van der Waals surface area contributed by atoms with Gasteiger partial charge in [-0.3, -0.25) is 9.52 Å². The van der Waals surface area contributed by atoms with Gasteiger partial charge in [0.15, 0.2) is 0 Å². The van der Waals surface area contributed by atoms with Gasteiger partial charge in [0.25, 0.3) is 10.0 Å². The molecule has 2 rings (SSSR count). The van der Waals surface area contributed by atoms with Crippen molar-refractivity contribution in [1.29, 1.82) is 0 Å². The van der Waals surface area contributed by atoms with Gasteiger partial charge >= 0.3 is 0 Å². The average Bonchev–Trinajstić information content (AvgIpc) is 2.41. The van der Waals surface area contributed by atoms with Crippen LogP contribution in [0.4, 0.5) is 11.5 Å². The highest BCUT2D eigenvalue weighted by Crippen LogP contribution is 2.17. The summed E-state index contributed by atoms with van der Waals surface area (Å²) >= 11 is 0. The molecule has 0 saturated carbocycles. The zero-order chi connectivity index (χ0) is 15.5. The Morgan fingerprint density at radius 1 is 1.10 bits per heavy atom. The number of hydrogen-bond donors (Lipinski definition) is 2. The Morgan fingerprint density at radius 3 is 2.29 bits per heavy atom. The lowest BCUT2D eigenvalue weighted by Gasteiger charge is -2.08. The highest BCUT2D eigenvalue weighted by molar-refractivity contribution is 7.92. The van der Waals surface area contributed by atoms with Crippen molar-refractivity contribution >= 4 is 27.4 Å². The molecule has 1 heterocycles. The molecule has 110 valence electrons. The van der Waals surface area contributed by atoms with E-state index in [2.05, 4.69) is 15.0 Å². The van der Waals surface area contributed by atoms with Crippen LogP contribution in [-0.4, -0.2) is 19.3 Å². The summed E-state index contributed by atoms with van der Waals surface area (Å²) in [4.78, 5) is 15.0. The van der Waals surface area contributed by atoms with Crippen molar-refractivity contribution in [2.75, 3.05) is 10.0 Å². The molecule has 0 aliphatic rings. The van der Waals surface area contributed by atoms with Crippen LogP contribution in [0.3, 0.4) is 0 Å². The summed E-state index contributed by atoms with van der Waals surface area (Å²) < 4.78 is 26.8. The van der Waals surface area contributed by atoms with E-state index in [1.54, 1.807) is 18.3 Å². The van der Waals surface area contributed by atoms with Crippen molar-refractivity contribution in [3.05, 3.63) is 48.2 Å². The van der Waals surface area contributed by atoms with Crippen LogP contribution < -0.4 is 10.0 Å². The van der Waals surface area contributed by atoms with E-state index in [1.165, 1.54) is 31.2 Å². The molecule has 0 unspecified atom stereocenters. The summed E-state index contributed by atoms with van der Waals surface area (Å²) in [6.07, 6.45) is 1.58. The smallest absolute Gasteiger partial charge is 0.263 e. The van der Waals surface area contributed by atoms with Crippen molar-refractivity contribution in [2.45, 2.75) is 18.7 Å². The molecule has 2 N–H and O–H groups in total. The number of anilines is 2. The Labute approximate surface area is 123 Å². The van der Waals surface area contributed by atoms with Crippen LogP contribution in [0.15, 0.2) is 47.5 Å². The molecule has 1 aromatic carbocycles. The largest absolute Gasteiger partial charge is 0.326 e. The summed E-state index contributed by atoms with van der Waals surface area (Å²) in [5, 5.41) is 2.57. The Hall–Kier alpha value is -2.41. The van der Waals surface area contributed by atoms with Crippen LogP contribution in [0.5, 0.6) is 0 Å². The van der Waals surface area contributed by atoms with Crippen molar-refractivity contribution < 1.29 is 13.2 Å². The Morgan fingerprint density at radius 2 is 1.76 bits per heavy atom. The number of sulfonamides is 1. The van der Waals surface area contributed by atoms with E-state index in [4.69, 9.17) is 0 Å². The van der Waals surface area contributed by atoms with Crippen LogP contribution in [0.1, 0.15) is 12.5 Å². The molecule has 0 atom stereocenters. The van der Waals surface area contributed by atoms with Crippen LogP contribution in [0, 0.1) is 6.92 Å². The number of benzene rings is 1. The molecule has 7 heteroatoms. The van der Waals surface area contributed by atoms with Gasteiger partial charge in [0, 0.05) is 18.8 Å². The summed E-state index contributed by atoms with van der Waals surface area (Å²) in [5.74, 6) is 0.0409. The van der Waals surface area contributed by atoms with E-state index < -0.39 is 10.0 Å². The molecule has 6 nitrogen and oxygen atoms in total. The molecule has 0 spiro atoms. The van der Waals surface area contributed by atoms with Gasteiger partial charge in [-0.25, -0.2) is 13.4 Å². The molecule has 2 aromatic rings. The first-order chi connectivity index (χ1) is 9.87. The van der Waals surface area contributed by atoms with Crippen LogP contribution >= 0.6 is 0 Å². The second-order valence-corrected chi connectivity index (χ2v) is 6.21. The minimum absolute atomic E-state index is 0.0963. The summed E-state index contributed by atoms with van der Waals surface area (Å²) in [7, 11) is -3.70. The third kappa shape index (κ3) is 4.03. The predicted octanol–water partition coefficient (Wildman–Crippen LogP) is 2.15. The quantitative estimate of drug-likeness (QED) is 0.906. The van der Waals surface area contributed by atoms with Gasteiger partial charge < -0.3 is 5.32 Å². The number of hydrogen-bond acceptors (Lipinski definition) is 4. The molecule has 0 aliphatic carbocycles. The van der Waals surface area contributed by atoms with Crippen molar-refractivity contribution in [2.24, 2.45) is 0 Å². The third-order valence-corrected chi connectivity index (χ3v) is 4.01. The maximum atomic E-state index is 12.2. The number of aromatic nitrogens is 1. The molecule has 0 bridgehead atoms. The Kier molecular flexibility index (Phi) is 4.23. The van der Waals surface area contributed by atoms with E-state index in [9.17, 15) is 13.2 Å². The fourth-order valence-electron chi connectivity index (χ4n) is 1.65. The van der Waals surface area contributed by atoms with Gasteiger partial charge in [-0.2, -0.15) is 0 Å². The van der Waals surface area contributed by atoms with Crippen molar-refractivity contribution in [1.82, 2.24) is 4.98 Å². The fourth-order valence-corrected chi connectivity index (χ4v) is 2.65. The van der Waals surface area contributed by atoms with Crippen LogP contribution in [-0.2, 0) is 14.8 Å². The molecule has 1 amide bonds. The standard InChI is InChI=1S/C14H15N3O3S/c1-10-3-8-14(15-9-10)17-21(19,20)13-6-4-12(5-7-13)16-11(2)18/h3-9H,1-2H3,(H,15,17)(H,16,18). The average molecular weight is 305 g/mol. The van der Waals surface area contributed by atoms with Crippen LogP contribution in [0.2, 0.25) is 0 Å². The van der Waals surface area contributed by atoms with Crippen molar-refractivity contribution in [3.63, 3.8) is 0 Å². The SMILES string of the molecule is CC(=O)Nc1ccc(S(=O)(=O)Nc2ccc(C)cn2)cc1. The lowest BCUT2D eigenvalue weighted by atomic mass is 10.3. The molecule has 0 fully saturated rings. The van der Waals surface area contributed by atoms with Gasteiger partial charge in [-0.15, -0.1) is 0 Å². The molecule has 0 aliphatic heterocycles. The van der Waals surface area contributed by atoms with E-state index in [1.807, 2.05) is 6.92 Å². The number of nitrogens with one attached hydrogen (secondary N) is 2. The topological polar surface area (TPSA) is 88.2 Å². The summed E-state index contributed by atoms with van der Waals surface area (Å²) in [6.45, 7) is 3.25. The number of amides is 1. The second kappa shape index (κ2) is 5.92. The third-order valence-electron chi connectivity index (χ3n) is 2.64. The number of carbonyl (C=O) groups excluding carboxylic acids is 1. The molecule has 1 aromatic heterocycles. The summed E-state index contributed by atoms with van der Waals surface area (Å²) in [6, 6.07) is 9.25. The molecule has 0 radical (unpaired) electrons. The maximum absolute atomic E-state index is 12.2. The number of carbonyl (C=O) groups is 1. The van der Waals surface area contributed by atoms with Crippen LogP contribution in [0.25, 0.3) is 0 Å². The van der Waals surface area contributed by atoms with Gasteiger partial charge in [0.05, 0.1) is 4.90 Å². The highest BCUT2D eigenvalue weighted by Gasteiger charge is 2.14. The minimum atomic E-state index is -3.70. The lowest BCUT2D eigenvalue weighted by Crippen LogP contribution is -2.14.